The third kappa shape index (κ3) is 14.4. The van der Waals surface area contributed by atoms with Gasteiger partial charge in [-0.25, -0.2) is 54.8 Å². The highest BCUT2D eigenvalue weighted by Crippen LogP contribution is 2.46. The molecule has 0 bridgehead atoms. The van der Waals surface area contributed by atoms with Crippen LogP contribution in [0.1, 0.15) is 0 Å². The molecule has 17 nitrogen and oxygen atoms in total. The van der Waals surface area contributed by atoms with Crippen LogP contribution in [0.3, 0.4) is 0 Å². The number of hydrogen-bond acceptors (Lipinski definition) is 14. The SMILES string of the molecule is c1ccc(-c2cc(-c3ccccc3)nc(-c3ccc(-n4c5ccccc5c5ccc6c7ccccc7oc6c54)nc3)n2)cc1.c1ccc(-c2ccc(-c3nc(-c4ccccc4)nc(-c4ccc(-n5c6ccccc6c6ccc7c8ccccc8oc7c65)nc4)n3)cc2)cc1.c1ccc(-c2nc(-c3ccnc(-n4c5ccccc5c5ccc6c7ccccc7oc6c54)c3)nc(-c3ccc4ccccc4c3)n2)cc1. The molecule has 0 aliphatic carbocycles. The van der Waals surface area contributed by atoms with E-state index in [1.807, 2.05) is 225 Å². The molecule has 0 radical (unpaired) electrons. The largest absolute Gasteiger partial charge is 0.454 e. The van der Waals surface area contributed by atoms with Crippen molar-refractivity contribution in [3.63, 3.8) is 0 Å². The van der Waals surface area contributed by atoms with E-state index in [4.69, 9.17) is 68.1 Å². The molecule has 29 aromatic rings. The van der Waals surface area contributed by atoms with Crippen molar-refractivity contribution in [2.75, 3.05) is 0 Å². The standard InChI is InChI=1S/C44H27N5O.C42H25N5O.C39H24N4O/c1-3-11-28(12-4-1)29-19-21-31(22-20-29)43-46-42(30-13-5-2-6-14-30)47-44(48-43)32-23-26-39(45-27-32)49-37-17-9-7-15-33(37)35-24-25-36-34-16-8-10-18-38(34)50-41(36)40(35)49;1-2-11-27(12-3-1)40-44-41(29-19-18-26-10-4-5-13-28(26)24-29)46-42(45-40)30-22-23-43-37(25-30)47-35-16-8-6-14-31(35)33-20-21-34-32-15-7-9-17-36(32)48-39(34)38(33)47;1-3-11-25(12-4-1)32-23-33(26-13-5-2-6-14-26)42-39(41-32)27-19-22-36(40-24-27)43-34-17-9-7-15-28(34)30-20-21-31-29-16-8-10-18-35(29)44-38(31)37(30)43/h1-27H;1-25H;1-24H. The van der Waals surface area contributed by atoms with Crippen LogP contribution in [0.25, 0.3) is 273 Å². The second-order valence-corrected chi connectivity index (χ2v) is 35.1. The van der Waals surface area contributed by atoms with Crippen LogP contribution >= 0.6 is 0 Å². The van der Waals surface area contributed by atoms with Gasteiger partial charge in [-0.3, -0.25) is 13.7 Å². The molecular weight excluding hydrogens is 1750 g/mol. The summed E-state index contributed by atoms with van der Waals surface area (Å²) in [5.74, 6) is 6.53. The van der Waals surface area contributed by atoms with Gasteiger partial charge in [-0.05, 0) is 125 Å². The molecule has 0 unspecified atom stereocenters. The number of rotatable bonds is 13. The Hall–Kier alpha value is -19.7. The Bertz CT molecular complexity index is 9920. The summed E-state index contributed by atoms with van der Waals surface area (Å²) in [6.07, 6.45) is 5.54. The summed E-state index contributed by atoms with van der Waals surface area (Å²) in [6, 6.07) is 151. The lowest BCUT2D eigenvalue weighted by atomic mass is 10.0. The third-order valence-electron chi connectivity index (χ3n) is 26.7. The van der Waals surface area contributed by atoms with Crippen molar-refractivity contribution in [1.82, 2.24) is 68.5 Å². The highest BCUT2D eigenvalue weighted by atomic mass is 16.3. The van der Waals surface area contributed by atoms with Crippen molar-refractivity contribution >= 4 is 142 Å². The molecule has 0 N–H and O–H groups in total. The van der Waals surface area contributed by atoms with Gasteiger partial charge in [0, 0.05) is 133 Å². The summed E-state index contributed by atoms with van der Waals surface area (Å²) < 4.78 is 26.2. The summed E-state index contributed by atoms with van der Waals surface area (Å²) in [6.45, 7) is 0. The molecular formula is C125H76N14O3. The fraction of sp³-hybridized carbons (Fsp3) is 0. The van der Waals surface area contributed by atoms with Crippen molar-refractivity contribution in [1.29, 1.82) is 0 Å². The average molecular weight is 1820 g/mol. The number of benzene rings is 17. The molecule has 0 aliphatic rings. The first kappa shape index (κ1) is 81.9. The Morgan fingerprint density at radius 2 is 0.465 bits per heavy atom. The van der Waals surface area contributed by atoms with Gasteiger partial charge in [0.2, 0.25) is 0 Å². The Balaban J connectivity index is 0.000000107. The zero-order chi connectivity index (χ0) is 93.7. The summed E-state index contributed by atoms with van der Waals surface area (Å²) in [7, 11) is 0. The fourth-order valence-corrected chi connectivity index (χ4v) is 19.9. The lowest BCUT2D eigenvalue weighted by Gasteiger charge is -2.11. The maximum Gasteiger partial charge on any atom is 0.165 e. The predicted octanol–water partition coefficient (Wildman–Crippen LogP) is 31.2. The molecule has 0 spiro atoms. The van der Waals surface area contributed by atoms with Crippen LogP contribution in [0.2, 0.25) is 0 Å². The summed E-state index contributed by atoms with van der Waals surface area (Å²) >= 11 is 0. The minimum Gasteiger partial charge on any atom is -0.454 e. The van der Waals surface area contributed by atoms with E-state index in [1.54, 1.807) is 0 Å². The Kier molecular flexibility index (Phi) is 19.8. The lowest BCUT2D eigenvalue weighted by molar-refractivity contribution is 0.670. The molecule has 664 valence electrons. The number of hydrogen-bond donors (Lipinski definition) is 0. The van der Waals surface area contributed by atoms with Crippen molar-refractivity contribution in [2.45, 2.75) is 0 Å². The van der Waals surface area contributed by atoms with E-state index in [0.29, 0.717) is 40.8 Å². The molecule has 0 atom stereocenters. The first-order valence-electron chi connectivity index (χ1n) is 47.1. The van der Waals surface area contributed by atoms with Gasteiger partial charge in [0.15, 0.2) is 57.5 Å². The second kappa shape index (κ2) is 34.3. The second-order valence-electron chi connectivity index (χ2n) is 35.1. The van der Waals surface area contributed by atoms with Crippen LogP contribution in [0.5, 0.6) is 0 Å². The van der Waals surface area contributed by atoms with E-state index in [0.717, 1.165) is 227 Å². The van der Waals surface area contributed by atoms with Gasteiger partial charge in [0.25, 0.3) is 0 Å². The van der Waals surface area contributed by atoms with Crippen LogP contribution in [-0.2, 0) is 0 Å². The topological polar surface area (TPSA) is 196 Å². The summed E-state index contributed by atoms with van der Waals surface area (Å²) in [5, 5.41) is 15.6. The smallest absolute Gasteiger partial charge is 0.165 e. The van der Waals surface area contributed by atoms with E-state index in [1.165, 1.54) is 5.39 Å². The van der Waals surface area contributed by atoms with E-state index in [9.17, 15) is 0 Å². The van der Waals surface area contributed by atoms with E-state index in [-0.39, 0.29) is 0 Å². The monoisotopic (exact) mass is 1820 g/mol. The number of pyridine rings is 3. The third-order valence-corrected chi connectivity index (χ3v) is 26.7. The number of fused-ring (bicyclic) bond motifs is 22. The number of nitrogens with zero attached hydrogens (tertiary/aromatic N) is 14. The highest BCUT2D eigenvalue weighted by Gasteiger charge is 2.27. The highest BCUT2D eigenvalue weighted by molar-refractivity contribution is 6.24. The van der Waals surface area contributed by atoms with E-state index in [2.05, 4.69) is 250 Å². The van der Waals surface area contributed by atoms with Crippen molar-refractivity contribution in [3.05, 3.63) is 461 Å². The molecule has 0 amide bonds. The first-order chi connectivity index (χ1) is 70.4. The molecule has 17 aromatic carbocycles. The molecule has 29 rings (SSSR count). The summed E-state index contributed by atoms with van der Waals surface area (Å²) in [5.41, 5.74) is 23.6. The number of para-hydroxylation sites is 6. The van der Waals surface area contributed by atoms with Gasteiger partial charge >= 0.3 is 0 Å². The molecule has 17 heteroatoms. The van der Waals surface area contributed by atoms with E-state index >= 15 is 0 Å². The van der Waals surface area contributed by atoms with Gasteiger partial charge in [0.1, 0.15) is 34.2 Å². The maximum absolute atomic E-state index is 6.55. The molecule has 0 saturated carbocycles. The van der Waals surface area contributed by atoms with Gasteiger partial charge in [-0.15, -0.1) is 0 Å². The zero-order valence-corrected chi connectivity index (χ0v) is 75.9. The van der Waals surface area contributed by atoms with Crippen LogP contribution in [-0.4, -0.2) is 68.5 Å². The summed E-state index contributed by atoms with van der Waals surface area (Å²) in [4.78, 5) is 54.8. The molecule has 12 heterocycles. The predicted molar refractivity (Wildman–Crippen MR) is 572 cm³/mol. The minimum absolute atomic E-state index is 0.557. The van der Waals surface area contributed by atoms with Crippen molar-refractivity contribution in [3.8, 4) is 131 Å². The van der Waals surface area contributed by atoms with Gasteiger partial charge in [-0.1, -0.05) is 340 Å². The molecule has 0 saturated heterocycles. The van der Waals surface area contributed by atoms with Crippen LogP contribution in [0, 0.1) is 0 Å². The maximum atomic E-state index is 6.55. The van der Waals surface area contributed by atoms with Crippen molar-refractivity contribution in [2.24, 2.45) is 0 Å². The van der Waals surface area contributed by atoms with E-state index < -0.39 is 0 Å². The normalized spacial score (nSPS) is 11.7. The molecule has 142 heavy (non-hydrogen) atoms. The van der Waals surface area contributed by atoms with Crippen LogP contribution in [0.4, 0.5) is 0 Å². The molecule has 0 fully saturated rings. The Morgan fingerprint density at radius 3 is 0.880 bits per heavy atom. The molecule has 0 aliphatic heterocycles. The van der Waals surface area contributed by atoms with Crippen LogP contribution in [0.15, 0.2) is 475 Å². The zero-order valence-electron chi connectivity index (χ0n) is 75.9. The number of aromatic nitrogens is 14. The van der Waals surface area contributed by atoms with Gasteiger partial charge in [-0.2, -0.15) is 0 Å². The number of furan rings is 3. The lowest BCUT2D eigenvalue weighted by Crippen LogP contribution is -2.02. The fourth-order valence-electron chi connectivity index (χ4n) is 19.9. The Morgan fingerprint density at radius 1 is 0.169 bits per heavy atom. The Labute approximate surface area is 810 Å². The van der Waals surface area contributed by atoms with Gasteiger partial charge in [0.05, 0.1) is 44.5 Å². The average Bonchev–Trinajstić information content (AvgIpc) is 1.57. The van der Waals surface area contributed by atoms with Crippen LogP contribution < -0.4 is 0 Å². The minimum atomic E-state index is 0.557. The van der Waals surface area contributed by atoms with Crippen molar-refractivity contribution < 1.29 is 13.3 Å². The first-order valence-corrected chi connectivity index (χ1v) is 47.1. The molecule has 12 aromatic heterocycles. The quantitative estimate of drug-likeness (QED) is 0.106. The van der Waals surface area contributed by atoms with Gasteiger partial charge < -0.3 is 13.3 Å².